The summed E-state index contributed by atoms with van der Waals surface area (Å²) in [7, 11) is 0. The van der Waals surface area contributed by atoms with Crippen molar-refractivity contribution >= 4 is 5.91 Å². The highest BCUT2D eigenvalue weighted by molar-refractivity contribution is 5.78. The second-order valence-corrected chi connectivity index (χ2v) is 4.22. The molecule has 1 N–H and O–H groups in total. The molecule has 16 heavy (non-hydrogen) atoms. The molecule has 0 radical (unpaired) electrons. The second kappa shape index (κ2) is 7.04. The van der Waals surface area contributed by atoms with Crippen LogP contribution in [0.4, 0.5) is 0 Å². The van der Waals surface area contributed by atoms with Crippen LogP contribution in [0.2, 0.25) is 0 Å². The maximum atomic E-state index is 11.5. The Labute approximate surface area is 98.1 Å². The third-order valence-electron chi connectivity index (χ3n) is 2.59. The molecular weight excluding hydrogens is 198 g/mol. The Morgan fingerprint density at radius 3 is 2.50 bits per heavy atom. The van der Waals surface area contributed by atoms with Gasteiger partial charge >= 0.3 is 0 Å². The molecule has 0 saturated heterocycles. The van der Waals surface area contributed by atoms with Gasteiger partial charge in [-0.1, -0.05) is 49.6 Å². The molecule has 1 aromatic carbocycles. The fraction of sp³-hybridized carbons (Fsp3) is 0.500. The van der Waals surface area contributed by atoms with Crippen molar-refractivity contribution in [3.8, 4) is 0 Å². The minimum absolute atomic E-state index is 0.125. The van der Waals surface area contributed by atoms with Crippen LogP contribution >= 0.6 is 0 Å². The van der Waals surface area contributed by atoms with Crippen LogP contribution in [0.25, 0.3) is 0 Å². The Kier molecular flexibility index (Phi) is 5.62. The van der Waals surface area contributed by atoms with Crippen LogP contribution in [0.5, 0.6) is 0 Å². The largest absolute Gasteiger partial charge is 0.356 e. The summed E-state index contributed by atoms with van der Waals surface area (Å²) in [6, 6.07) is 8.11. The summed E-state index contributed by atoms with van der Waals surface area (Å²) in [5, 5.41) is 2.94. The van der Waals surface area contributed by atoms with Crippen LogP contribution in [0, 0.1) is 6.92 Å². The van der Waals surface area contributed by atoms with Gasteiger partial charge in [0.25, 0.3) is 0 Å². The highest BCUT2D eigenvalue weighted by atomic mass is 16.1. The zero-order valence-electron chi connectivity index (χ0n) is 10.3. The molecular formula is C14H21NO. The van der Waals surface area contributed by atoms with Crippen molar-refractivity contribution in [2.24, 2.45) is 0 Å². The fourth-order valence-electron chi connectivity index (χ4n) is 1.56. The van der Waals surface area contributed by atoms with Gasteiger partial charge in [0.1, 0.15) is 0 Å². The molecule has 1 aromatic rings. The van der Waals surface area contributed by atoms with Crippen molar-refractivity contribution in [1.29, 1.82) is 0 Å². The fourth-order valence-corrected chi connectivity index (χ4v) is 1.56. The Morgan fingerprint density at radius 1 is 1.19 bits per heavy atom. The molecule has 0 spiro atoms. The summed E-state index contributed by atoms with van der Waals surface area (Å²) in [5.74, 6) is 0.125. The third-order valence-corrected chi connectivity index (χ3v) is 2.59. The number of hydrogen-bond donors (Lipinski definition) is 1. The van der Waals surface area contributed by atoms with Crippen molar-refractivity contribution in [3.63, 3.8) is 0 Å². The first-order valence-corrected chi connectivity index (χ1v) is 6.04. The van der Waals surface area contributed by atoms with E-state index in [1.54, 1.807) is 0 Å². The average molecular weight is 219 g/mol. The highest BCUT2D eigenvalue weighted by Gasteiger charge is 2.01. The van der Waals surface area contributed by atoms with Crippen LogP contribution in [-0.2, 0) is 11.2 Å². The van der Waals surface area contributed by atoms with Gasteiger partial charge in [0, 0.05) is 6.54 Å². The van der Waals surface area contributed by atoms with E-state index in [9.17, 15) is 4.79 Å². The lowest BCUT2D eigenvalue weighted by molar-refractivity contribution is -0.120. The number of carbonyl (C=O) groups is 1. The molecule has 2 heteroatoms. The van der Waals surface area contributed by atoms with Gasteiger partial charge in [-0.15, -0.1) is 0 Å². The number of nitrogens with one attached hydrogen (secondary N) is 1. The molecule has 0 aliphatic rings. The van der Waals surface area contributed by atoms with Gasteiger partial charge in [0.2, 0.25) is 5.91 Å². The van der Waals surface area contributed by atoms with E-state index >= 15 is 0 Å². The number of aryl methyl sites for hydroxylation is 1. The predicted octanol–water partition coefficient (Wildman–Crippen LogP) is 2.84. The number of hydrogen-bond acceptors (Lipinski definition) is 1. The summed E-state index contributed by atoms with van der Waals surface area (Å²) >= 11 is 0. The van der Waals surface area contributed by atoms with Gasteiger partial charge in [0.05, 0.1) is 6.42 Å². The summed E-state index contributed by atoms with van der Waals surface area (Å²) in [6.07, 6.45) is 3.95. The molecule has 0 bridgehead atoms. The van der Waals surface area contributed by atoms with Crippen molar-refractivity contribution in [2.75, 3.05) is 6.54 Å². The van der Waals surface area contributed by atoms with Gasteiger partial charge in [-0.25, -0.2) is 0 Å². The highest BCUT2D eigenvalue weighted by Crippen LogP contribution is 2.03. The molecule has 1 amide bonds. The van der Waals surface area contributed by atoms with E-state index in [2.05, 4.69) is 19.2 Å². The normalized spacial score (nSPS) is 10.1. The van der Waals surface area contributed by atoms with Crippen LogP contribution in [0.15, 0.2) is 24.3 Å². The maximum Gasteiger partial charge on any atom is 0.224 e. The molecule has 0 atom stereocenters. The zero-order chi connectivity index (χ0) is 11.8. The lowest BCUT2D eigenvalue weighted by Gasteiger charge is -2.05. The van der Waals surface area contributed by atoms with E-state index < -0.39 is 0 Å². The van der Waals surface area contributed by atoms with Crippen molar-refractivity contribution in [2.45, 2.75) is 39.5 Å². The molecule has 0 unspecified atom stereocenters. The topological polar surface area (TPSA) is 29.1 Å². The molecule has 88 valence electrons. The van der Waals surface area contributed by atoms with Gasteiger partial charge in [-0.05, 0) is 18.9 Å². The first kappa shape index (κ1) is 12.8. The van der Waals surface area contributed by atoms with Crippen molar-refractivity contribution in [3.05, 3.63) is 35.4 Å². The first-order valence-electron chi connectivity index (χ1n) is 6.04. The van der Waals surface area contributed by atoms with Crippen LogP contribution < -0.4 is 5.32 Å². The van der Waals surface area contributed by atoms with Crippen molar-refractivity contribution < 1.29 is 4.79 Å². The summed E-state index contributed by atoms with van der Waals surface area (Å²) in [5.41, 5.74) is 2.31. The minimum Gasteiger partial charge on any atom is -0.356 e. The van der Waals surface area contributed by atoms with Crippen LogP contribution in [0.3, 0.4) is 0 Å². The van der Waals surface area contributed by atoms with Gasteiger partial charge < -0.3 is 5.32 Å². The lowest BCUT2D eigenvalue weighted by atomic mass is 10.1. The van der Waals surface area contributed by atoms with E-state index in [0.717, 1.165) is 18.5 Å². The van der Waals surface area contributed by atoms with E-state index in [0.29, 0.717) is 6.42 Å². The summed E-state index contributed by atoms with van der Waals surface area (Å²) in [6.45, 7) is 5.02. The molecule has 1 rings (SSSR count). The smallest absolute Gasteiger partial charge is 0.224 e. The Bertz CT molecular complexity index is 316. The monoisotopic (exact) mass is 219 g/mol. The molecule has 0 fully saturated rings. The number of benzene rings is 1. The van der Waals surface area contributed by atoms with Crippen molar-refractivity contribution in [1.82, 2.24) is 5.32 Å². The van der Waals surface area contributed by atoms with Gasteiger partial charge in [0.15, 0.2) is 0 Å². The van der Waals surface area contributed by atoms with Gasteiger partial charge in [-0.3, -0.25) is 4.79 Å². The standard InChI is InChI=1S/C14H21NO/c1-3-4-5-10-15-14(16)11-13-8-6-12(2)7-9-13/h6-9H,3-5,10-11H2,1-2H3,(H,15,16). The maximum absolute atomic E-state index is 11.5. The molecule has 0 aromatic heterocycles. The second-order valence-electron chi connectivity index (χ2n) is 4.22. The summed E-state index contributed by atoms with van der Waals surface area (Å²) in [4.78, 5) is 11.5. The van der Waals surface area contributed by atoms with Gasteiger partial charge in [-0.2, -0.15) is 0 Å². The average Bonchev–Trinajstić information content (AvgIpc) is 2.28. The predicted molar refractivity (Wildman–Crippen MR) is 67.4 cm³/mol. The Balaban J connectivity index is 2.26. The zero-order valence-corrected chi connectivity index (χ0v) is 10.3. The van der Waals surface area contributed by atoms with E-state index in [1.165, 1.54) is 18.4 Å². The number of rotatable bonds is 6. The third kappa shape index (κ3) is 4.96. The quantitative estimate of drug-likeness (QED) is 0.732. The number of unbranched alkanes of at least 4 members (excludes halogenated alkanes) is 2. The summed E-state index contributed by atoms with van der Waals surface area (Å²) < 4.78 is 0. The molecule has 0 saturated carbocycles. The Hall–Kier alpha value is -1.31. The molecule has 0 aliphatic heterocycles. The lowest BCUT2D eigenvalue weighted by Crippen LogP contribution is -2.26. The van der Waals surface area contributed by atoms with Crippen LogP contribution in [0.1, 0.15) is 37.3 Å². The first-order chi connectivity index (χ1) is 7.72. The molecule has 2 nitrogen and oxygen atoms in total. The number of carbonyl (C=O) groups excluding carboxylic acids is 1. The molecule has 0 heterocycles. The van der Waals surface area contributed by atoms with E-state index in [4.69, 9.17) is 0 Å². The van der Waals surface area contributed by atoms with E-state index in [1.807, 2.05) is 24.3 Å². The molecule has 0 aliphatic carbocycles. The van der Waals surface area contributed by atoms with E-state index in [-0.39, 0.29) is 5.91 Å². The minimum atomic E-state index is 0.125. The SMILES string of the molecule is CCCCCNC(=O)Cc1ccc(C)cc1. The number of amides is 1. The Morgan fingerprint density at radius 2 is 1.88 bits per heavy atom. The van der Waals surface area contributed by atoms with Crippen LogP contribution in [-0.4, -0.2) is 12.5 Å².